The van der Waals surface area contributed by atoms with Gasteiger partial charge >= 0.3 is 5.97 Å². The molecular weight excluding hydrogens is 376 g/mol. The number of ether oxygens (including phenoxy) is 4. The number of carbonyl (C=O) groups is 2. The zero-order chi connectivity index (χ0) is 20.8. The number of amides is 1. The highest BCUT2D eigenvalue weighted by Crippen LogP contribution is 2.40. The van der Waals surface area contributed by atoms with E-state index >= 15 is 0 Å². The summed E-state index contributed by atoms with van der Waals surface area (Å²) in [5, 5.41) is 2.79. The fourth-order valence-corrected chi connectivity index (χ4v) is 3.32. The van der Waals surface area contributed by atoms with Gasteiger partial charge in [-0.3, -0.25) is 9.59 Å². The number of hydrogen-bond donors (Lipinski definition) is 1. The van der Waals surface area contributed by atoms with Crippen molar-refractivity contribution in [1.29, 1.82) is 0 Å². The molecule has 2 atom stereocenters. The number of nitrogens with zero attached hydrogens (tertiary/aromatic N) is 1. The maximum atomic E-state index is 12.3. The van der Waals surface area contributed by atoms with Crippen molar-refractivity contribution in [2.45, 2.75) is 27.2 Å². The van der Waals surface area contributed by atoms with Gasteiger partial charge in [-0.25, -0.2) is 0 Å². The zero-order valence-corrected chi connectivity index (χ0v) is 17.4. The van der Waals surface area contributed by atoms with Gasteiger partial charge in [0.15, 0.2) is 6.61 Å². The molecule has 0 radical (unpaired) electrons. The molecule has 3 rings (SSSR count). The molecule has 0 unspecified atom stereocenters. The van der Waals surface area contributed by atoms with Crippen LogP contribution >= 0.6 is 0 Å². The number of rotatable bonds is 9. The van der Waals surface area contributed by atoms with E-state index in [2.05, 4.69) is 10.2 Å². The van der Waals surface area contributed by atoms with Gasteiger partial charge in [0, 0.05) is 25.2 Å². The molecule has 1 saturated carbocycles. The number of carbonyl (C=O) groups excluding carboxylic acids is 2. The van der Waals surface area contributed by atoms with Crippen molar-refractivity contribution in [2.24, 2.45) is 11.8 Å². The Morgan fingerprint density at radius 2 is 1.79 bits per heavy atom. The maximum Gasteiger partial charge on any atom is 0.309 e. The van der Waals surface area contributed by atoms with Crippen molar-refractivity contribution in [2.75, 3.05) is 56.3 Å². The van der Waals surface area contributed by atoms with Gasteiger partial charge < -0.3 is 29.2 Å². The predicted octanol–water partition coefficient (Wildman–Crippen LogP) is 2.46. The lowest BCUT2D eigenvalue weighted by atomic mass is 10.2. The van der Waals surface area contributed by atoms with E-state index in [-0.39, 0.29) is 18.5 Å². The van der Waals surface area contributed by atoms with Crippen molar-refractivity contribution in [3.8, 4) is 11.5 Å². The first-order chi connectivity index (χ1) is 14.0. The molecule has 0 bridgehead atoms. The number of esters is 1. The minimum atomic E-state index is -0.408. The standard InChI is InChI=1S/C21H30N2O6/c1-4-27-18-12-17(23-6-8-26-9-7-23)19(28-5-2)11-16(18)22-20(24)13-29-21(25)15-10-14(15)3/h11-12,14-15H,4-10,13H2,1-3H3,(H,22,24)/t14-,15-/m0/s1. The summed E-state index contributed by atoms with van der Waals surface area (Å²) in [4.78, 5) is 26.4. The van der Waals surface area contributed by atoms with Crippen LogP contribution in [0.1, 0.15) is 27.2 Å². The SMILES string of the molecule is CCOc1cc(N2CCOCC2)c(OCC)cc1NC(=O)COC(=O)[C@H]1C[C@@H]1C. The molecule has 2 aliphatic rings. The van der Waals surface area contributed by atoms with Gasteiger partial charge in [-0.05, 0) is 26.2 Å². The van der Waals surface area contributed by atoms with Crippen LogP contribution in [0.2, 0.25) is 0 Å². The second-order valence-electron chi connectivity index (χ2n) is 7.26. The second kappa shape index (κ2) is 9.82. The molecule has 1 aromatic carbocycles. The zero-order valence-electron chi connectivity index (χ0n) is 17.4. The summed E-state index contributed by atoms with van der Waals surface area (Å²) in [6.07, 6.45) is 0.829. The normalized spacial score (nSPS) is 20.7. The number of morpholine rings is 1. The first kappa shape index (κ1) is 21.2. The largest absolute Gasteiger partial charge is 0.492 e. The average Bonchev–Trinajstić information content (AvgIpc) is 3.45. The first-order valence-electron chi connectivity index (χ1n) is 10.3. The van der Waals surface area contributed by atoms with Crippen LogP contribution in [0.4, 0.5) is 11.4 Å². The number of nitrogens with one attached hydrogen (secondary N) is 1. The van der Waals surface area contributed by atoms with Crippen molar-refractivity contribution < 1.29 is 28.5 Å². The van der Waals surface area contributed by atoms with Gasteiger partial charge in [0.2, 0.25) is 0 Å². The topological polar surface area (TPSA) is 86.3 Å². The Bertz CT molecular complexity index is 732. The highest BCUT2D eigenvalue weighted by Gasteiger charge is 2.40. The molecule has 0 spiro atoms. The van der Waals surface area contributed by atoms with Crippen LogP contribution in [-0.4, -0.2) is 58.0 Å². The molecule has 160 valence electrons. The van der Waals surface area contributed by atoms with E-state index in [1.54, 1.807) is 6.07 Å². The third-order valence-electron chi connectivity index (χ3n) is 5.04. The third kappa shape index (κ3) is 5.53. The van der Waals surface area contributed by atoms with E-state index in [0.717, 1.165) is 25.2 Å². The van der Waals surface area contributed by atoms with Crippen LogP contribution in [0.15, 0.2) is 12.1 Å². The Morgan fingerprint density at radius 1 is 1.14 bits per heavy atom. The van der Waals surface area contributed by atoms with E-state index in [4.69, 9.17) is 18.9 Å². The highest BCUT2D eigenvalue weighted by molar-refractivity contribution is 5.95. The van der Waals surface area contributed by atoms with Gasteiger partial charge in [0.25, 0.3) is 5.91 Å². The molecule has 1 aromatic rings. The average molecular weight is 406 g/mol. The smallest absolute Gasteiger partial charge is 0.309 e. The predicted molar refractivity (Wildman–Crippen MR) is 109 cm³/mol. The van der Waals surface area contributed by atoms with Gasteiger partial charge in [0.1, 0.15) is 11.5 Å². The molecule has 1 amide bonds. The van der Waals surface area contributed by atoms with Crippen LogP contribution in [0.3, 0.4) is 0 Å². The highest BCUT2D eigenvalue weighted by atomic mass is 16.5. The minimum absolute atomic E-state index is 0.0702. The van der Waals surface area contributed by atoms with E-state index in [1.165, 1.54) is 0 Å². The van der Waals surface area contributed by atoms with Gasteiger partial charge in [-0.15, -0.1) is 0 Å². The monoisotopic (exact) mass is 406 g/mol. The first-order valence-corrected chi connectivity index (χ1v) is 10.3. The Kier molecular flexibility index (Phi) is 7.19. The van der Waals surface area contributed by atoms with E-state index < -0.39 is 5.91 Å². The molecule has 0 aromatic heterocycles. The summed E-state index contributed by atoms with van der Waals surface area (Å²) in [5.41, 5.74) is 1.40. The summed E-state index contributed by atoms with van der Waals surface area (Å²) in [7, 11) is 0. The second-order valence-corrected chi connectivity index (χ2v) is 7.26. The van der Waals surface area contributed by atoms with Gasteiger partial charge in [-0.1, -0.05) is 6.92 Å². The lowest BCUT2D eigenvalue weighted by Gasteiger charge is -2.31. The summed E-state index contributed by atoms with van der Waals surface area (Å²) in [5.74, 6) is 0.769. The molecule has 2 fully saturated rings. The van der Waals surface area contributed by atoms with Crippen molar-refractivity contribution in [3.63, 3.8) is 0 Å². The summed E-state index contributed by atoms with van der Waals surface area (Å²) >= 11 is 0. The van der Waals surface area contributed by atoms with Crippen LogP contribution < -0.4 is 19.7 Å². The van der Waals surface area contributed by atoms with Crippen LogP contribution in [0.5, 0.6) is 11.5 Å². The Balaban J connectivity index is 1.74. The van der Waals surface area contributed by atoms with E-state index in [0.29, 0.717) is 49.5 Å². The number of benzene rings is 1. The molecule has 1 aliphatic heterocycles. The Labute approximate surface area is 171 Å². The van der Waals surface area contributed by atoms with Gasteiger partial charge in [-0.2, -0.15) is 0 Å². The third-order valence-corrected chi connectivity index (χ3v) is 5.04. The Hall–Kier alpha value is -2.48. The van der Waals surface area contributed by atoms with Crippen molar-refractivity contribution in [3.05, 3.63) is 12.1 Å². The van der Waals surface area contributed by atoms with Crippen molar-refractivity contribution in [1.82, 2.24) is 0 Å². The van der Waals surface area contributed by atoms with Gasteiger partial charge in [0.05, 0.1) is 43.7 Å². The van der Waals surface area contributed by atoms with Crippen LogP contribution in [0.25, 0.3) is 0 Å². The van der Waals surface area contributed by atoms with E-state index in [1.807, 2.05) is 26.8 Å². The summed E-state index contributed by atoms with van der Waals surface area (Å²) in [6, 6.07) is 3.65. The van der Waals surface area contributed by atoms with Crippen LogP contribution in [0, 0.1) is 11.8 Å². The number of anilines is 2. The molecule has 8 nitrogen and oxygen atoms in total. The lowest BCUT2D eigenvalue weighted by Crippen LogP contribution is -2.36. The summed E-state index contributed by atoms with van der Waals surface area (Å²) in [6.45, 7) is 9.24. The van der Waals surface area contributed by atoms with Crippen LogP contribution in [-0.2, 0) is 19.1 Å². The molecule has 1 N–H and O–H groups in total. The lowest BCUT2D eigenvalue weighted by molar-refractivity contribution is -0.148. The fourth-order valence-electron chi connectivity index (χ4n) is 3.32. The van der Waals surface area contributed by atoms with Crippen molar-refractivity contribution >= 4 is 23.3 Å². The molecule has 1 aliphatic carbocycles. The molecule has 1 saturated heterocycles. The van der Waals surface area contributed by atoms with E-state index in [9.17, 15) is 9.59 Å². The Morgan fingerprint density at radius 3 is 2.41 bits per heavy atom. The molecule has 1 heterocycles. The molecule has 8 heteroatoms. The summed E-state index contributed by atoms with van der Waals surface area (Å²) < 4.78 is 22.1. The molecular formula is C21H30N2O6. The minimum Gasteiger partial charge on any atom is -0.492 e. The fraction of sp³-hybridized carbons (Fsp3) is 0.619. The molecule has 29 heavy (non-hydrogen) atoms. The number of hydrogen-bond acceptors (Lipinski definition) is 7. The maximum absolute atomic E-state index is 12.3. The quantitative estimate of drug-likeness (QED) is 0.631.